The summed E-state index contributed by atoms with van der Waals surface area (Å²) in [6.45, 7) is 5.90. The van der Waals surface area contributed by atoms with Crippen molar-refractivity contribution in [1.29, 1.82) is 0 Å². The van der Waals surface area contributed by atoms with E-state index in [4.69, 9.17) is 0 Å². The van der Waals surface area contributed by atoms with Crippen molar-refractivity contribution in [3.63, 3.8) is 0 Å². The maximum atomic E-state index is 12.6. The fraction of sp³-hybridized carbons (Fsp3) is 0.481. The van der Waals surface area contributed by atoms with Gasteiger partial charge in [0.2, 0.25) is 0 Å². The molecule has 2 saturated heterocycles. The summed E-state index contributed by atoms with van der Waals surface area (Å²) in [4.78, 5) is 29.0. The van der Waals surface area contributed by atoms with Crippen LogP contribution in [-0.4, -0.2) is 47.0 Å². The van der Waals surface area contributed by atoms with Gasteiger partial charge in [-0.2, -0.15) is 0 Å². The first-order valence-corrected chi connectivity index (χ1v) is 12.3. The molecule has 2 aromatic carbocycles. The summed E-state index contributed by atoms with van der Waals surface area (Å²) in [5, 5.41) is 6.06. The Morgan fingerprint density at radius 2 is 1.09 bits per heavy atom. The van der Waals surface area contributed by atoms with Crippen LogP contribution in [0.4, 0.5) is 21.0 Å². The summed E-state index contributed by atoms with van der Waals surface area (Å²) in [7, 11) is 0. The van der Waals surface area contributed by atoms with E-state index >= 15 is 0 Å². The molecule has 4 amide bonds. The van der Waals surface area contributed by atoms with Crippen LogP contribution >= 0.6 is 0 Å². The van der Waals surface area contributed by atoms with Crippen LogP contribution in [-0.2, 0) is 6.42 Å². The molecule has 2 heterocycles. The zero-order valence-corrected chi connectivity index (χ0v) is 19.8. The van der Waals surface area contributed by atoms with Crippen molar-refractivity contribution in [2.24, 2.45) is 0 Å². The zero-order valence-electron chi connectivity index (χ0n) is 19.8. The standard InChI is InChI=1S/C27H36N4O2/c1-20-7-3-5-17-30(20)26(32)28-24-13-9-22(10-14-24)19-23-11-15-25(16-12-23)29-27(33)31-18-6-4-8-21(31)2/h9-16,20-21H,3-8,17-19H2,1-2H3,(H,28,32)(H,29,33)/t20-,21+. The number of piperidine rings is 2. The number of rotatable bonds is 4. The molecule has 2 atom stereocenters. The molecule has 2 N–H and O–H groups in total. The molecule has 0 aromatic heterocycles. The van der Waals surface area contributed by atoms with Crippen molar-refractivity contribution in [2.45, 2.75) is 70.9 Å². The van der Waals surface area contributed by atoms with E-state index in [9.17, 15) is 9.59 Å². The normalized spacial score (nSPS) is 20.9. The van der Waals surface area contributed by atoms with Crippen molar-refractivity contribution in [3.8, 4) is 0 Å². The highest BCUT2D eigenvalue weighted by molar-refractivity contribution is 5.90. The largest absolute Gasteiger partial charge is 0.322 e. The third-order valence-corrected chi connectivity index (χ3v) is 6.95. The Hall–Kier alpha value is -3.02. The lowest BCUT2D eigenvalue weighted by molar-refractivity contribution is 0.170. The number of hydrogen-bond donors (Lipinski definition) is 2. The van der Waals surface area contributed by atoms with E-state index in [1.807, 2.05) is 34.1 Å². The minimum atomic E-state index is -0.00784. The molecule has 0 unspecified atom stereocenters. The number of carbonyl (C=O) groups excluding carboxylic acids is 2. The Morgan fingerprint density at radius 3 is 1.45 bits per heavy atom. The van der Waals surface area contributed by atoms with E-state index in [-0.39, 0.29) is 12.1 Å². The predicted molar refractivity (Wildman–Crippen MR) is 134 cm³/mol. The second kappa shape index (κ2) is 10.7. The van der Waals surface area contributed by atoms with Crippen molar-refractivity contribution in [2.75, 3.05) is 23.7 Å². The van der Waals surface area contributed by atoms with E-state index in [1.165, 1.54) is 24.0 Å². The summed E-state index contributed by atoms with van der Waals surface area (Å²) in [5.74, 6) is 0. The van der Waals surface area contributed by atoms with Gasteiger partial charge in [0.25, 0.3) is 0 Å². The minimum Gasteiger partial charge on any atom is -0.322 e. The smallest absolute Gasteiger partial charge is 0.322 e. The quantitative estimate of drug-likeness (QED) is 0.594. The summed E-state index contributed by atoms with van der Waals surface area (Å²) in [6.07, 6.45) is 7.51. The fourth-order valence-electron chi connectivity index (χ4n) is 4.84. The third-order valence-electron chi connectivity index (χ3n) is 6.95. The van der Waals surface area contributed by atoms with Crippen molar-refractivity contribution >= 4 is 23.4 Å². The molecule has 2 aliphatic rings. The summed E-state index contributed by atoms with van der Waals surface area (Å²) in [6, 6.07) is 16.7. The number of nitrogens with one attached hydrogen (secondary N) is 2. The van der Waals surface area contributed by atoms with Gasteiger partial charge in [-0.3, -0.25) is 0 Å². The monoisotopic (exact) mass is 448 g/mol. The lowest BCUT2D eigenvalue weighted by Crippen LogP contribution is -2.44. The number of amides is 4. The number of benzene rings is 2. The number of likely N-dealkylation sites (tertiary alicyclic amines) is 2. The highest BCUT2D eigenvalue weighted by atomic mass is 16.2. The highest BCUT2D eigenvalue weighted by Gasteiger charge is 2.24. The van der Waals surface area contributed by atoms with Gasteiger partial charge < -0.3 is 20.4 Å². The van der Waals surface area contributed by atoms with E-state index in [2.05, 4.69) is 48.7 Å². The molecule has 0 spiro atoms. The molecule has 0 saturated carbocycles. The molecule has 176 valence electrons. The molecule has 0 aliphatic carbocycles. The Balaban J connectivity index is 1.29. The molecule has 6 nitrogen and oxygen atoms in total. The third kappa shape index (κ3) is 6.06. The number of carbonyl (C=O) groups is 2. The van der Waals surface area contributed by atoms with Gasteiger partial charge in [0.05, 0.1) is 0 Å². The van der Waals surface area contributed by atoms with Gasteiger partial charge in [0.1, 0.15) is 0 Å². The molecule has 33 heavy (non-hydrogen) atoms. The van der Waals surface area contributed by atoms with Crippen LogP contribution in [0.5, 0.6) is 0 Å². The second-order valence-electron chi connectivity index (χ2n) is 9.51. The van der Waals surface area contributed by atoms with Gasteiger partial charge in [-0.15, -0.1) is 0 Å². The van der Waals surface area contributed by atoms with E-state index in [0.29, 0.717) is 12.1 Å². The molecule has 6 heteroatoms. The van der Waals surface area contributed by atoms with E-state index in [0.717, 1.165) is 56.6 Å². The molecular formula is C27H36N4O2. The average molecular weight is 449 g/mol. The van der Waals surface area contributed by atoms with Crippen LogP contribution in [0.2, 0.25) is 0 Å². The lowest BCUT2D eigenvalue weighted by Gasteiger charge is -2.33. The lowest BCUT2D eigenvalue weighted by atomic mass is 10.0. The molecule has 0 bridgehead atoms. The molecule has 2 fully saturated rings. The highest BCUT2D eigenvalue weighted by Crippen LogP contribution is 2.21. The molecule has 0 radical (unpaired) electrons. The number of anilines is 2. The van der Waals surface area contributed by atoms with Gasteiger partial charge in [-0.05, 0) is 94.2 Å². The molecular weight excluding hydrogens is 412 g/mol. The average Bonchev–Trinajstić information content (AvgIpc) is 2.82. The maximum absolute atomic E-state index is 12.6. The van der Waals surface area contributed by atoms with Crippen LogP contribution in [0, 0.1) is 0 Å². The SMILES string of the molecule is C[C@@H]1CCCCN1C(=O)Nc1ccc(Cc2ccc(NC(=O)N3CCCC[C@@H]3C)cc2)cc1. The Kier molecular flexibility index (Phi) is 7.53. The summed E-state index contributed by atoms with van der Waals surface area (Å²) < 4.78 is 0. The van der Waals surface area contributed by atoms with Crippen LogP contribution in [0.1, 0.15) is 63.5 Å². The molecule has 4 rings (SSSR count). The van der Waals surface area contributed by atoms with Gasteiger partial charge in [-0.25, -0.2) is 9.59 Å². The number of urea groups is 2. The Bertz CT molecular complexity index is 864. The van der Waals surface area contributed by atoms with Crippen LogP contribution < -0.4 is 10.6 Å². The maximum Gasteiger partial charge on any atom is 0.322 e. The first-order valence-electron chi connectivity index (χ1n) is 12.3. The van der Waals surface area contributed by atoms with Crippen LogP contribution in [0.25, 0.3) is 0 Å². The first-order chi connectivity index (χ1) is 16.0. The topological polar surface area (TPSA) is 64.7 Å². The first kappa shape index (κ1) is 23.1. The molecule has 2 aliphatic heterocycles. The Morgan fingerprint density at radius 1 is 0.697 bits per heavy atom. The Labute approximate surface area is 197 Å². The zero-order chi connectivity index (χ0) is 23.2. The van der Waals surface area contributed by atoms with Gasteiger partial charge in [0, 0.05) is 36.5 Å². The number of hydrogen-bond acceptors (Lipinski definition) is 2. The fourth-order valence-corrected chi connectivity index (χ4v) is 4.84. The van der Waals surface area contributed by atoms with Gasteiger partial charge >= 0.3 is 12.1 Å². The van der Waals surface area contributed by atoms with E-state index < -0.39 is 0 Å². The summed E-state index contributed by atoms with van der Waals surface area (Å²) >= 11 is 0. The van der Waals surface area contributed by atoms with Crippen molar-refractivity contribution < 1.29 is 9.59 Å². The number of nitrogens with zero attached hydrogens (tertiary/aromatic N) is 2. The minimum absolute atomic E-state index is 0.00784. The predicted octanol–water partition coefficient (Wildman–Crippen LogP) is 6.09. The molecule has 2 aromatic rings. The second-order valence-corrected chi connectivity index (χ2v) is 9.51. The van der Waals surface area contributed by atoms with Crippen molar-refractivity contribution in [3.05, 3.63) is 59.7 Å². The summed E-state index contributed by atoms with van der Waals surface area (Å²) in [5.41, 5.74) is 4.01. The van der Waals surface area contributed by atoms with Crippen molar-refractivity contribution in [1.82, 2.24) is 9.80 Å². The van der Waals surface area contributed by atoms with E-state index in [1.54, 1.807) is 0 Å². The van der Waals surface area contributed by atoms with Gasteiger partial charge in [0.15, 0.2) is 0 Å². The van der Waals surface area contributed by atoms with Crippen LogP contribution in [0.3, 0.4) is 0 Å². The van der Waals surface area contributed by atoms with Gasteiger partial charge in [-0.1, -0.05) is 24.3 Å². The van der Waals surface area contributed by atoms with Crippen LogP contribution in [0.15, 0.2) is 48.5 Å².